The van der Waals surface area contributed by atoms with Crippen LogP contribution in [0, 0.1) is 0 Å². The average molecular weight is 190 g/mol. The van der Waals surface area contributed by atoms with Crippen molar-refractivity contribution in [2.45, 2.75) is 20.3 Å². The Hall–Kier alpha value is -1.14. The zero-order valence-electron chi connectivity index (χ0n) is 7.78. The minimum absolute atomic E-state index is 0.465. The van der Waals surface area contributed by atoms with Gasteiger partial charge in [-0.15, -0.1) is 5.06 Å². The lowest BCUT2D eigenvalue weighted by Crippen LogP contribution is -2.28. The maximum absolute atomic E-state index is 10.9. The summed E-state index contributed by atoms with van der Waals surface area (Å²) in [4.78, 5) is 30.0. The van der Waals surface area contributed by atoms with Crippen molar-refractivity contribution in [2.75, 3.05) is 13.1 Å². The van der Waals surface area contributed by atoms with Crippen LogP contribution in [-0.4, -0.2) is 30.1 Å². The number of nitrogens with zero attached hydrogens (tertiary/aromatic N) is 1. The molecule has 6 nitrogen and oxygen atoms in total. The fraction of sp³-hybridized carbons (Fsp3) is 0.714. The predicted octanol–water partition coefficient (Wildman–Crippen LogP) is -0.407. The maximum Gasteiger partial charge on any atom is 0.336 e. The monoisotopic (exact) mass is 190 g/mol. The van der Waals surface area contributed by atoms with Gasteiger partial charge in [-0.2, -0.15) is 5.90 Å². The molecule has 0 aliphatic rings. The van der Waals surface area contributed by atoms with Crippen LogP contribution in [0.4, 0.5) is 0 Å². The van der Waals surface area contributed by atoms with Gasteiger partial charge >= 0.3 is 11.9 Å². The van der Waals surface area contributed by atoms with E-state index >= 15 is 0 Å². The van der Waals surface area contributed by atoms with Gasteiger partial charge in [0.1, 0.15) is 6.42 Å². The molecule has 13 heavy (non-hydrogen) atoms. The van der Waals surface area contributed by atoms with Gasteiger partial charge in [-0.3, -0.25) is 0 Å². The first-order valence-corrected chi connectivity index (χ1v) is 3.99. The molecular weight excluding hydrogens is 176 g/mol. The summed E-state index contributed by atoms with van der Waals surface area (Å²) in [5.41, 5.74) is 0. The highest BCUT2D eigenvalue weighted by atomic mass is 16.7. The molecule has 0 heterocycles. The van der Waals surface area contributed by atoms with Crippen molar-refractivity contribution in [2.24, 2.45) is 5.90 Å². The Morgan fingerprint density at radius 2 is 1.77 bits per heavy atom. The molecule has 0 spiro atoms. The molecule has 0 radical (unpaired) electrons. The average Bonchev–Trinajstić information content (AvgIpc) is 2.13. The van der Waals surface area contributed by atoms with Crippen LogP contribution in [-0.2, 0) is 19.3 Å². The smallest absolute Gasteiger partial charge is 0.336 e. The molecule has 6 heteroatoms. The van der Waals surface area contributed by atoms with Gasteiger partial charge in [0, 0.05) is 13.1 Å². The Morgan fingerprint density at radius 1 is 1.23 bits per heavy atom. The van der Waals surface area contributed by atoms with Crippen molar-refractivity contribution in [3.8, 4) is 0 Å². The van der Waals surface area contributed by atoms with Crippen molar-refractivity contribution in [1.82, 2.24) is 5.06 Å². The molecule has 0 saturated carbocycles. The Labute approximate surface area is 76.5 Å². The summed E-state index contributed by atoms with van der Waals surface area (Å²) in [7, 11) is 0. The number of hydrogen-bond acceptors (Lipinski definition) is 6. The van der Waals surface area contributed by atoms with Crippen molar-refractivity contribution < 1.29 is 19.3 Å². The van der Waals surface area contributed by atoms with Gasteiger partial charge in [0.15, 0.2) is 0 Å². The first kappa shape index (κ1) is 11.9. The van der Waals surface area contributed by atoms with E-state index in [1.807, 2.05) is 13.8 Å². The van der Waals surface area contributed by atoms with Crippen LogP contribution in [0.5, 0.6) is 0 Å². The van der Waals surface area contributed by atoms with E-state index in [1.54, 1.807) is 0 Å². The minimum Gasteiger partial charge on any atom is -0.373 e. The quantitative estimate of drug-likeness (QED) is 0.469. The van der Waals surface area contributed by atoms with Gasteiger partial charge < -0.3 is 9.68 Å². The molecule has 2 N–H and O–H groups in total. The number of carbonyl (C=O) groups is 2. The van der Waals surface area contributed by atoms with Gasteiger partial charge in [-0.1, -0.05) is 0 Å². The van der Waals surface area contributed by atoms with Crippen LogP contribution in [0.25, 0.3) is 0 Å². The van der Waals surface area contributed by atoms with Gasteiger partial charge in [0.2, 0.25) is 0 Å². The predicted molar refractivity (Wildman–Crippen MR) is 43.9 cm³/mol. The molecule has 0 rings (SSSR count). The molecule has 0 aliphatic carbocycles. The molecule has 0 unspecified atom stereocenters. The molecule has 0 bridgehead atoms. The Morgan fingerprint density at radius 3 is 2.15 bits per heavy atom. The molecule has 0 aromatic heterocycles. The summed E-state index contributed by atoms with van der Waals surface area (Å²) < 4.78 is 0. The third-order valence-corrected chi connectivity index (χ3v) is 1.36. The van der Waals surface area contributed by atoms with E-state index in [0.717, 1.165) is 0 Å². The number of hydroxylamine groups is 2. The van der Waals surface area contributed by atoms with E-state index < -0.39 is 18.4 Å². The summed E-state index contributed by atoms with van der Waals surface area (Å²) in [6.07, 6.45) is -0.465. The number of nitrogens with two attached hydrogens (primary N) is 1. The van der Waals surface area contributed by atoms with Crippen LogP contribution >= 0.6 is 0 Å². The van der Waals surface area contributed by atoms with E-state index in [2.05, 4.69) is 10.7 Å². The highest BCUT2D eigenvalue weighted by Gasteiger charge is 2.13. The lowest BCUT2D eigenvalue weighted by atomic mass is 10.4. The fourth-order valence-corrected chi connectivity index (χ4v) is 0.688. The Balaban J connectivity index is 3.79. The van der Waals surface area contributed by atoms with Gasteiger partial charge in [-0.25, -0.2) is 9.59 Å². The summed E-state index contributed by atoms with van der Waals surface area (Å²) in [5, 5.41) is 1.42. The molecule has 0 fully saturated rings. The van der Waals surface area contributed by atoms with Crippen LogP contribution < -0.4 is 5.90 Å². The minimum atomic E-state index is -0.808. The lowest BCUT2D eigenvalue weighted by Gasteiger charge is -2.16. The summed E-state index contributed by atoms with van der Waals surface area (Å²) in [6, 6.07) is 0. The second-order valence-electron chi connectivity index (χ2n) is 2.24. The van der Waals surface area contributed by atoms with E-state index in [0.29, 0.717) is 13.1 Å². The Bertz CT molecular complexity index is 179. The van der Waals surface area contributed by atoms with Crippen LogP contribution in [0.3, 0.4) is 0 Å². The number of carbonyl (C=O) groups excluding carboxylic acids is 2. The van der Waals surface area contributed by atoms with Crippen molar-refractivity contribution in [3.05, 3.63) is 0 Å². The molecule has 0 atom stereocenters. The highest BCUT2D eigenvalue weighted by Crippen LogP contribution is 1.94. The first-order valence-electron chi connectivity index (χ1n) is 3.99. The number of rotatable bonds is 5. The second-order valence-corrected chi connectivity index (χ2v) is 2.24. The zero-order chi connectivity index (χ0) is 10.3. The molecule has 0 saturated heterocycles. The van der Waals surface area contributed by atoms with Crippen molar-refractivity contribution in [1.29, 1.82) is 0 Å². The standard InChI is InChI=1S/C7H14N2O4/c1-3-9(4-2)13-7(11)5-6(10)12-8/h3-5,8H2,1-2H3. The molecular formula is C7H14N2O4. The van der Waals surface area contributed by atoms with Gasteiger partial charge in [0.25, 0.3) is 0 Å². The van der Waals surface area contributed by atoms with Crippen LogP contribution in [0.1, 0.15) is 20.3 Å². The van der Waals surface area contributed by atoms with E-state index in [9.17, 15) is 9.59 Å². The summed E-state index contributed by atoms with van der Waals surface area (Å²) in [6.45, 7) is 4.80. The second kappa shape index (κ2) is 6.38. The number of hydrogen-bond donors (Lipinski definition) is 1. The molecule has 76 valence electrons. The molecule has 0 aromatic carbocycles. The van der Waals surface area contributed by atoms with Crippen LogP contribution in [0.15, 0.2) is 0 Å². The van der Waals surface area contributed by atoms with E-state index in [4.69, 9.17) is 4.84 Å². The third kappa shape index (κ3) is 5.15. The van der Waals surface area contributed by atoms with E-state index in [-0.39, 0.29) is 0 Å². The normalized spacial score (nSPS) is 9.85. The van der Waals surface area contributed by atoms with Crippen LogP contribution in [0.2, 0.25) is 0 Å². The van der Waals surface area contributed by atoms with Gasteiger partial charge in [0.05, 0.1) is 0 Å². The first-order chi connectivity index (χ1) is 6.13. The maximum atomic E-state index is 10.9. The van der Waals surface area contributed by atoms with Crippen molar-refractivity contribution >= 4 is 11.9 Å². The van der Waals surface area contributed by atoms with E-state index in [1.165, 1.54) is 5.06 Å². The Kier molecular flexibility index (Phi) is 5.82. The fourth-order valence-electron chi connectivity index (χ4n) is 0.688. The highest BCUT2D eigenvalue weighted by molar-refractivity contribution is 5.90. The summed E-state index contributed by atoms with van der Waals surface area (Å²) >= 11 is 0. The molecule has 0 aromatic rings. The van der Waals surface area contributed by atoms with Crippen molar-refractivity contribution in [3.63, 3.8) is 0 Å². The van der Waals surface area contributed by atoms with Gasteiger partial charge in [-0.05, 0) is 13.8 Å². The topological polar surface area (TPSA) is 81.9 Å². The summed E-state index contributed by atoms with van der Waals surface area (Å²) in [5.74, 6) is 3.07. The largest absolute Gasteiger partial charge is 0.373 e. The zero-order valence-corrected chi connectivity index (χ0v) is 7.78. The molecule has 0 amide bonds. The molecule has 0 aliphatic heterocycles. The third-order valence-electron chi connectivity index (χ3n) is 1.36. The lowest BCUT2D eigenvalue weighted by molar-refractivity contribution is -0.190. The SMILES string of the molecule is CCN(CC)OC(=O)CC(=O)ON.